The van der Waals surface area contributed by atoms with Gasteiger partial charge in [-0.05, 0) is 36.4 Å². The van der Waals surface area contributed by atoms with Crippen LogP contribution in [0.1, 0.15) is 6.42 Å². The zero-order valence-electron chi connectivity index (χ0n) is 13.9. The van der Waals surface area contributed by atoms with Crippen molar-refractivity contribution >= 4 is 16.7 Å². The summed E-state index contributed by atoms with van der Waals surface area (Å²) in [6, 6.07) is 9.86. The maximum absolute atomic E-state index is 12.8. The number of halogens is 1. The summed E-state index contributed by atoms with van der Waals surface area (Å²) in [6.45, 7) is 0.636. The highest BCUT2D eigenvalue weighted by molar-refractivity contribution is 5.87. The summed E-state index contributed by atoms with van der Waals surface area (Å²) in [5, 5.41) is 20.7. The van der Waals surface area contributed by atoms with Gasteiger partial charge in [0.15, 0.2) is 0 Å². The van der Waals surface area contributed by atoms with Crippen LogP contribution in [0.3, 0.4) is 0 Å². The largest absolute Gasteiger partial charge is 0.501 e. The number of nitrogens with zero attached hydrogens (tertiary/aromatic N) is 1. The van der Waals surface area contributed by atoms with Gasteiger partial charge in [0, 0.05) is 12.5 Å². The predicted molar refractivity (Wildman–Crippen MR) is 92.8 cm³/mol. The summed E-state index contributed by atoms with van der Waals surface area (Å²) >= 11 is 0. The Morgan fingerprint density at radius 3 is 2.37 bits per heavy atom. The van der Waals surface area contributed by atoms with Gasteiger partial charge in [0.1, 0.15) is 22.9 Å². The van der Waals surface area contributed by atoms with E-state index in [-0.39, 0.29) is 23.4 Å². The smallest absolute Gasteiger partial charge is 0.419 e. The van der Waals surface area contributed by atoms with Gasteiger partial charge in [0.25, 0.3) is 0 Å². The van der Waals surface area contributed by atoms with Crippen molar-refractivity contribution in [2.24, 2.45) is 0 Å². The van der Waals surface area contributed by atoms with E-state index in [2.05, 4.69) is 0 Å². The molecule has 1 aromatic heterocycles. The second kappa shape index (κ2) is 7.73. The van der Waals surface area contributed by atoms with Crippen LogP contribution in [0.15, 0.2) is 51.7 Å². The lowest BCUT2D eigenvalue weighted by atomic mass is 10.2. The second-order valence-corrected chi connectivity index (χ2v) is 5.51. The molecule has 0 amide bonds. The summed E-state index contributed by atoms with van der Waals surface area (Å²) in [4.78, 5) is 21.4. The van der Waals surface area contributed by atoms with E-state index in [0.717, 1.165) is 0 Å². The van der Waals surface area contributed by atoms with Crippen LogP contribution in [0.5, 0.6) is 17.2 Å². The Morgan fingerprint density at radius 2 is 1.70 bits per heavy atom. The SMILES string of the molecule is O=c1oc2cc(OCCCOc3ccc(F)cc3)ccc2c(O)c1[N+](=O)[O-]. The number of ether oxygens (including phenoxy) is 2. The molecule has 0 radical (unpaired) electrons. The van der Waals surface area contributed by atoms with Crippen LogP contribution >= 0.6 is 0 Å². The molecule has 0 aliphatic heterocycles. The van der Waals surface area contributed by atoms with Crippen molar-refractivity contribution in [3.8, 4) is 17.2 Å². The third kappa shape index (κ3) is 4.14. The number of hydrogen-bond acceptors (Lipinski definition) is 7. The van der Waals surface area contributed by atoms with Crippen molar-refractivity contribution in [3.63, 3.8) is 0 Å². The minimum absolute atomic E-state index is 0.0248. The lowest BCUT2D eigenvalue weighted by molar-refractivity contribution is -0.388. The lowest BCUT2D eigenvalue weighted by Crippen LogP contribution is -2.07. The van der Waals surface area contributed by atoms with Crippen molar-refractivity contribution < 1.29 is 28.3 Å². The number of nitro groups is 1. The first kappa shape index (κ1) is 18.2. The molecule has 9 heteroatoms. The molecule has 0 saturated heterocycles. The highest BCUT2D eigenvalue weighted by atomic mass is 19.1. The van der Waals surface area contributed by atoms with Crippen LogP contribution in [0.25, 0.3) is 11.0 Å². The van der Waals surface area contributed by atoms with Gasteiger partial charge in [-0.2, -0.15) is 0 Å². The van der Waals surface area contributed by atoms with E-state index in [1.165, 1.54) is 42.5 Å². The van der Waals surface area contributed by atoms with Crippen LogP contribution in [0.4, 0.5) is 10.1 Å². The molecular formula is C18H14FNO7. The number of benzene rings is 2. The van der Waals surface area contributed by atoms with E-state index in [9.17, 15) is 24.4 Å². The fraction of sp³-hybridized carbons (Fsp3) is 0.167. The summed E-state index contributed by atoms with van der Waals surface area (Å²) in [6.07, 6.45) is 0.533. The maximum Gasteiger partial charge on any atom is 0.419 e. The Balaban J connectivity index is 1.61. The van der Waals surface area contributed by atoms with Crippen molar-refractivity contribution in [2.45, 2.75) is 6.42 Å². The molecular weight excluding hydrogens is 361 g/mol. The van der Waals surface area contributed by atoms with Gasteiger partial charge in [0.2, 0.25) is 5.75 Å². The first-order chi connectivity index (χ1) is 13.0. The molecule has 1 heterocycles. The van der Waals surface area contributed by atoms with Crippen molar-refractivity contribution in [1.82, 2.24) is 0 Å². The summed E-state index contributed by atoms with van der Waals surface area (Å²) < 4.78 is 28.6. The van der Waals surface area contributed by atoms with Gasteiger partial charge in [-0.15, -0.1) is 0 Å². The Labute approximate surface area is 151 Å². The zero-order chi connectivity index (χ0) is 19.4. The fourth-order valence-corrected chi connectivity index (χ4v) is 2.38. The van der Waals surface area contributed by atoms with Crippen molar-refractivity contribution in [3.05, 3.63) is 68.8 Å². The van der Waals surface area contributed by atoms with E-state index >= 15 is 0 Å². The number of hydrogen-bond donors (Lipinski definition) is 1. The van der Waals surface area contributed by atoms with Gasteiger partial charge < -0.3 is 19.0 Å². The molecule has 2 aromatic carbocycles. The average Bonchev–Trinajstić information content (AvgIpc) is 2.62. The topological polar surface area (TPSA) is 112 Å². The number of fused-ring (bicyclic) bond motifs is 1. The molecule has 0 fully saturated rings. The first-order valence-corrected chi connectivity index (χ1v) is 7.91. The molecule has 0 unspecified atom stereocenters. The van der Waals surface area contributed by atoms with Crippen LogP contribution in [0, 0.1) is 15.9 Å². The summed E-state index contributed by atoms with van der Waals surface area (Å²) in [5.41, 5.74) is -2.27. The minimum Gasteiger partial charge on any atom is -0.501 e. The van der Waals surface area contributed by atoms with Crippen LogP contribution in [-0.4, -0.2) is 23.2 Å². The highest BCUT2D eigenvalue weighted by Gasteiger charge is 2.24. The van der Waals surface area contributed by atoms with E-state index in [4.69, 9.17) is 13.9 Å². The molecule has 0 saturated carbocycles. The molecule has 1 N–H and O–H groups in total. The van der Waals surface area contributed by atoms with E-state index < -0.39 is 22.0 Å². The standard InChI is InChI=1S/C18H14FNO7/c19-11-2-4-12(5-3-11)25-8-1-9-26-13-6-7-14-15(10-13)27-18(22)16(17(14)21)20(23)24/h2-7,10,21H,1,8-9H2. The van der Waals surface area contributed by atoms with Crippen LogP contribution in [0.2, 0.25) is 0 Å². The van der Waals surface area contributed by atoms with Crippen LogP contribution < -0.4 is 15.1 Å². The van der Waals surface area contributed by atoms with Crippen molar-refractivity contribution in [1.29, 1.82) is 0 Å². The van der Waals surface area contributed by atoms with Gasteiger partial charge in [-0.1, -0.05) is 0 Å². The molecule has 3 rings (SSSR count). The number of aromatic hydroxyl groups is 1. The molecule has 0 aliphatic rings. The van der Waals surface area contributed by atoms with E-state index in [0.29, 0.717) is 24.5 Å². The Bertz CT molecular complexity index is 1030. The van der Waals surface area contributed by atoms with Crippen LogP contribution in [-0.2, 0) is 0 Å². The first-order valence-electron chi connectivity index (χ1n) is 7.91. The molecule has 0 bridgehead atoms. The lowest BCUT2D eigenvalue weighted by Gasteiger charge is -2.09. The summed E-state index contributed by atoms with van der Waals surface area (Å²) in [5.74, 6) is -0.183. The van der Waals surface area contributed by atoms with E-state index in [1.807, 2.05) is 0 Å². The molecule has 0 aliphatic carbocycles. The number of rotatable bonds is 7. The zero-order valence-corrected chi connectivity index (χ0v) is 13.9. The molecule has 27 heavy (non-hydrogen) atoms. The molecule has 0 spiro atoms. The van der Waals surface area contributed by atoms with Gasteiger partial charge in [0.05, 0.1) is 23.5 Å². The molecule has 0 atom stereocenters. The average molecular weight is 375 g/mol. The Hall–Kier alpha value is -3.62. The summed E-state index contributed by atoms with van der Waals surface area (Å²) in [7, 11) is 0. The minimum atomic E-state index is -1.24. The normalized spacial score (nSPS) is 10.7. The molecule has 8 nitrogen and oxygen atoms in total. The van der Waals surface area contributed by atoms with Gasteiger partial charge >= 0.3 is 11.3 Å². The van der Waals surface area contributed by atoms with Crippen molar-refractivity contribution in [2.75, 3.05) is 13.2 Å². The molecule has 3 aromatic rings. The highest BCUT2D eigenvalue weighted by Crippen LogP contribution is 2.32. The quantitative estimate of drug-likeness (QED) is 0.291. The Kier molecular flexibility index (Phi) is 5.20. The van der Waals surface area contributed by atoms with Gasteiger partial charge in [-0.25, -0.2) is 9.18 Å². The second-order valence-electron chi connectivity index (χ2n) is 5.51. The van der Waals surface area contributed by atoms with Gasteiger partial charge in [-0.3, -0.25) is 10.1 Å². The Morgan fingerprint density at radius 1 is 1.07 bits per heavy atom. The van der Waals surface area contributed by atoms with E-state index in [1.54, 1.807) is 0 Å². The fourth-order valence-electron chi connectivity index (χ4n) is 2.38. The maximum atomic E-state index is 12.8. The third-order valence-corrected chi connectivity index (χ3v) is 3.65. The predicted octanol–water partition coefficient (Wildman–Crippen LogP) is 3.39. The molecule has 140 valence electrons. The third-order valence-electron chi connectivity index (χ3n) is 3.65. The monoisotopic (exact) mass is 375 g/mol.